The summed E-state index contributed by atoms with van der Waals surface area (Å²) in [5.41, 5.74) is 0. The van der Waals surface area contributed by atoms with Crippen molar-refractivity contribution in [1.29, 1.82) is 0 Å². The van der Waals surface area contributed by atoms with Gasteiger partial charge in [-0.1, -0.05) is 0 Å². The van der Waals surface area contributed by atoms with Crippen LogP contribution >= 0.6 is 0 Å². The van der Waals surface area contributed by atoms with Gasteiger partial charge in [0.25, 0.3) is 0 Å². The van der Waals surface area contributed by atoms with Crippen LogP contribution in [0.2, 0.25) is 65.0 Å². The second-order valence-corrected chi connectivity index (χ2v) is 26.1. The lowest BCUT2D eigenvalue weighted by Crippen LogP contribution is -2.60. The molecule has 148 valence electrons. The fraction of sp³-hybridized carbons (Fsp3) is 0.867. The van der Waals surface area contributed by atoms with E-state index >= 15 is 0 Å². The topological polar surface area (TPSA) is 71.1 Å². The summed E-state index contributed by atoms with van der Waals surface area (Å²) in [6.45, 7) is 20.6. The molecule has 0 bridgehead atoms. The van der Waals surface area contributed by atoms with Crippen LogP contribution in [0.3, 0.4) is 0 Å². The van der Waals surface area contributed by atoms with Crippen molar-refractivity contribution >= 4 is 45.5 Å². The molecule has 0 aromatic rings. The summed E-state index contributed by atoms with van der Waals surface area (Å²) in [5, 5.41) is 0. The Morgan fingerprint density at radius 3 is 1.36 bits per heavy atom. The summed E-state index contributed by atoms with van der Waals surface area (Å²) in [4.78, 5) is 22.3. The number of hydrogen-bond acceptors (Lipinski definition) is 6. The molecule has 25 heavy (non-hydrogen) atoms. The number of rotatable bonds is 11. The van der Waals surface area contributed by atoms with Crippen LogP contribution in [0.5, 0.6) is 0 Å². The quantitative estimate of drug-likeness (QED) is 0.216. The summed E-state index contributed by atoms with van der Waals surface area (Å²) < 4.78 is 24.6. The average Bonchev–Trinajstić information content (AvgIpc) is 2.27. The van der Waals surface area contributed by atoms with Crippen LogP contribution < -0.4 is 0 Å². The van der Waals surface area contributed by atoms with Crippen molar-refractivity contribution in [2.24, 2.45) is 0 Å². The molecule has 0 aromatic carbocycles. The first kappa shape index (κ1) is 24.9. The molecule has 0 N–H and O–H groups in total. The van der Waals surface area contributed by atoms with Crippen molar-refractivity contribution in [3.05, 3.63) is 0 Å². The molecule has 0 amide bonds. The Kier molecular flexibility index (Phi) is 9.15. The third kappa shape index (κ3) is 12.8. The van der Waals surface area contributed by atoms with Crippen molar-refractivity contribution in [3.8, 4) is 0 Å². The number of ether oxygens (including phenoxy) is 1. The van der Waals surface area contributed by atoms with Gasteiger partial charge in [-0.05, 0) is 65.3 Å². The number of carbonyl (C=O) groups is 2. The highest BCUT2D eigenvalue weighted by molar-refractivity contribution is 6.90. The lowest BCUT2D eigenvalue weighted by molar-refractivity contribution is -0.152. The van der Waals surface area contributed by atoms with Crippen LogP contribution in [-0.2, 0) is 26.7 Å². The Hall–Kier alpha value is -0.112. The van der Waals surface area contributed by atoms with Gasteiger partial charge in [-0.3, -0.25) is 4.79 Å². The fourth-order valence-electron chi connectivity index (χ4n) is 2.17. The first-order chi connectivity index (χ1) is 10.9. The summed E-state index contributed by atoms with van der Waals surface area (Å²) in [5.74, 6) is -1.38. The predicted octanol–water partition coefficient (Wildman–Crippen LogP) is 4.00. The Balaban J connectivity index is 5.30. The van der Waals surface area contributed by atoms with Gasteiger partial charge in [0, 0.05) is 13.0 Å². The van der Waals surface area contributed by atoms with Gasteiger partial charge >= 0.3 is 14.8 Å². The minimum Gasteiger partial charge on any atom is -0.460 e. The van der Waals surface area contributed by atoms with E-state index in [1.165, 1.54) is 6.92 Å². The molecule has 0 atom stereocenters. The van der Waals surface area contributed by atoms with Crippen LogP contribution in [0.1, 0.15) is 13.3 Å². The Bertz CT molecular complexity index is 421. The van der Waals surface area contributed by atoms with Crippen molar-refractivity contribution in [1.82, 2.24) is 0 Å². The SMILES string of the molecule is CC(=O)C(=O)OCCC[Si](O[Si](C)(C)C)(O[Si](C)(C)C)O[Si](C)(C)C. The molecule has 6 nitrogen and oxygen atoms in total. The molecule has 0 aliphatic rings. The largest absolute Gasteiger partial charge is 0.469 e. The Morgan fingerprint density at radius 1 is 0.720 bits per heavy atom. The first-order valence-corrected chi connectivity index (χ1v) is 20.9. The summed E-state index contributed by atoms with van der Waals surface area (Å²) >= 11 is 0. The van der Waals surface area contributed by atoms with Crippen LogP contribution in [0.25, 0.3) is 0 Å². The number of esters is 1. The predicted molar refractivity (Wildman–Crippen MR) is 110 cm³/mol. The van der Waals surface area contributed by atoms with Crippen molar-refractivity contribution in [3.63, 3.8) is 0 Å². The summed E-state index contributed by atoms with van der Waals surface area (Å²) in [6.07, 6.45) is 0.560. The number of hydrogen-bond donors (Lipinski definition) is 0. The number of ketones is 1. The van der Waals surface area contributed by atoms with Gasteiger partial charge in [0.05, 0.1) is 6.61 Å². The highest BCUT2D eigenvalue weighted by Gasteiger charge is 2.49. The molecule has 0 aliphatic carbocycles. The molecular weight excluding hydrogens is 389 g/mol. The molecule has 0 rings (SSSR count). The number of Topliss-reactive ketones (excluding diaryl/α,β-unsaturated/α-hetero) is 1. The third-order valence-electron chi connectivity index (χ3n) is 2.53. The normalized spacial score (nSPS) is 13.7. The lowest BCUT2D eigenvalue weighted by Gasteiger charge is -2.42. The lowest BCUT2D eigenvalue weighted by atomic mass is 10.4. The molecule has 0 heterocycles. The molecular formula is C15H36O6Si4. The monoisotopic (exact) mass is 424 g/mol. The van der Waals surface area contributed by atoms with Crippen LogP contribution in [-0.4, -0.2) is 52.1 Å². The highest BCUT2D eigenvalue weighted by atomic mass is 28.5. The fourth-order valence-corrected chi connectivity index (χ4v) is 16.8. The van der Waals surface area contributed by atoms with E-state index in [-0.39, 0.29) is 6.61 Å². The maximum absolute atomic E-state index is 11.3. The highest BCUT2D eigenvalue weighted by Crippen LogP contribution is 2.29. The van der Waals surface area contributed by atoms with Gasteiger partial charge in [0.2, 0.25) is 5.78 Å². The van der Waals surface area contributed by atoms with E-state index in [1.54, 1.807) is 0 Å². The standard InChI is InChI=1S/C15H36O6Si4/c1-14(16)15(17)18-12-11-13-25(19-22(2,3)4,20-23(5,6)7)21-24(8,9)10/h11-13H2,1-10H3. The summed E-state index contributed by atoms with van der Waals surface area (Å²) in [6, 6.07) is 0.594. The van der Waals surface area contributed by atoms with Gasteiger partial charge in [0.1, 0.15) is 0 Å². The van der Waals surface area contributed by atoms with E-state index in [2.05, 4.69) is 58.9 Å². The minimum atomic E-state index is -2.89. The zero-order valence-corrected chi connectivity index (χ0v) is 21.6. The molecule has 0 radical (unpaired) electrons. The van der Waals surface area contributed by atoms with Gasteiger partial charge < -0.3 is 17.1 Å². The molecule has 0 aliphatic heterocycles. The zero-order chi connectivity index (χ0) is 20.1. The smallest absolute Gasteiger partial charge is 0.460 e. The summed E-state index contributed by atoms with van der Waals surface area (Å²) in [7, 11) is -8.59. The molecule has 10 heteroatoms. The molecule has 0 fully saturated rings. The maximum Gasteiger partial charge on any atom is 0.469 e. The first-order valence-electron chi connectivity index (χ1n) is 8.73. The van der Waals surface area contributed by atoms with Gasteiger partial charge in [0.15, 0.2) is 25.0 Å². The van der Waals surface area contributed by atoms with E-state index in [0.717, 1.165) is 0 Å². The van der Waals surface area contributed by atoms with Crippen molar-refractivity contribution in [2.45, 2.75) is 78.3 Å². The van der Waals surface area contributed by atoms with Crippen molar-refractivity contribution in [2.75, 3.05) is 6.61 Å². The molecule has 0 unspecified atom stereocenters. The van der Waals surface area contributed by atoms with Crippen molar-refractivity contribution < 1.29 is 26.7 Å². The third-order valence-corrected chi connectivity index (χ3v) is 14.6. The molecule has 0 aromatic heterocycles. The Morgan fingerprint density at radius 2 is 1.08 bits per heavy atom. The Labute approximate surface area is 157 Å². The van der Waals surface area contributed by atoms with Crippen LogP contribution in [0.15, 0.2) is 0 Å². The average molecular weight is 425 g/mol. The van der Waals surface area contributed by atoms with E-state index < -0.39 is 45.5 Å². The van der Waals surface area contributed by atoms with E-state index in [0.29, 0.717) is 12.5 Å². The van der Waals surface area contributed by atoms with E-state index in [1.807, 2.05) is 0 Å². The maximum atomic E-state index is 11.3. The molecule has 0 spiro atoms. The van der Waals surface area contributed by atoms with E-state index in [9.17, 15) is 9.59 Å². The minimum absolute atomic E-state index is 0.173. The van der Waals surface area contributed by atoms with Crippen LogP contribution in [0.4, 0.5) is 0 Å². The van der Waals surface area contributed by atoms with Gasteiger partial charge in [-0.15, -0.1) is 0 Å². The van der Waals surface area contributed by atoms with E-state index in [4.69, 9.17) is 17.1 Å². The van der Waals surface area contributed by atoms with Gasteiger partial charge in [-0.25, -0.2) is 4.79 Å². The zero-order valence-electron chi connectivity index (χ0n) is 17.6. The van der Waals surface area contributed by atoms with Gasteiger partial charge in [-0.2, -0.15) is 0 Å². The molecule has 0 saturated heterocycles. The second kappa shape index (κ2) is 9.20. The second-order valence-electron chi connectivity index (χ2n) is 9.12. The van der Waals surface area contributed by atoms with Crippen LogP contribution in [0, 0.1) is 0 Å². The number of carbonyl (C=O) groups excluding carboxylic acids is 2. The molecule has 0 saturated carbocycles.